The number of carboxylic acids is 2. The Morgan fingerprint density at radius 3 is 2.41 bits per heavy atom. The summed E-state index contributed by atoms with van der Waals surface area (Å²) in [5, 5.41) is 18.4. The summed E-state index contributed by atoms with van der Waals surface area (Å²) in [6.45, 7) is 1.84. The van der Waals surface area contributed by atoms with Gasteiger partial charge >= 0.3 is 11.9 Å². The second kappa shape index (κ2) is 6.60. The van der Waals surface area contributed by atoms with Crippen LogP contribution in [0.25, 0.3) is 0 Å². The number of likely N-dealkylation sites (tertiary alicyclic amines) is 1. The van der Waals surface area contributed by atoms with E-state index in [0.29, 0.717) is 0 Å². The number of hydrogen-bond donors (Lipinski definition) is 2. The molecule has 2 N–H and O–H groups in total. The number of aliphatic carboxylic acids is 2. The van der Waals surface area contributed by atoms with E-state index in [-0.39, 0.29) is 31.7 Å². The molecule has 118 valence electrons. The highest BCUT2D eigenvalue weighted by Crippen LogP contribution is 2.24. The largest absolute Gasteiger partial charge is 0.481 e. The van der Waals surface area contributed by atoms with Crippen molar-refractivity contribution in [3.63, 3.8) is 0 Å². The predicted octanol–water partition coefficient (Wildman–Crippen LogP) is 1.31. The summed E-state index contributed by atoms with van der Waals surface area (Å²) < 4.78 is 0. The summed E-state index contributed by atoms with van der Waals surface area (Å²) in [6, 6.07) is 6.45. The molecule has 1 aliphatic rings. The Morgan fingerprint density at radius 2 is 1.82 bits per heavy atom. The lowest BCUT2D eigenvalue weighted by Crippen LogP contribution is -2.52. The van der Waals surface area contributed by atoms with E-state index in [1.807, 2.05) is 31.2 Å². The lowest BCUT2D eigenvalue weighted by molar-refractivity contribution is -0.157. The standard InChI is InChI=1S/C16H19NO5/c1-10-4-2-3-5-11(10)8-14(18)17-9-12(15(19)20)6-7-13(17)16(21)22/h2-5,12-13H,6-9H2,1H3,(H,19,20)(H,21,22)/t12-,13+/m0/s1. The highest BCUT2D eigenvalue weighted by molar-refractivity contribution is 5.86. The molecule has 0 radical (unpaired) electrons. The van der Waals surface area contributed by atoms with Crippen molar-refractivity contribution in [2.75, 3.05) is 6.54 Å². The highest BCUT2D eigenvalue weighted by atomic mass is 16.4. The topological polar surface area (TPSA) is 94.9 Å². The van der Waals surface area contributed by atoms with Gasteiger partial charge < -0.3 is 15.1 Å². The molecule has 1 aromatic rings. The Balaban J connectivity index is 2.17. The maximum Gasteiger partial charge on any atom is 0.326 e. The van der Waals surface area contributed by atoms with Gasteiger partial charge in [0.05, 0.1) is 12.3 Å². The quantitative estimate of drug-likeness (QED) is 0.874. The Labute approximate surface area is 128 Å². The van der Waals surface area contributed by atoms with Gasteiger partial charge in [-0.25, -0.2) is 4.79 Å². The number of carbonyl (C=O) groups is 3. The van der Waals surface area contributed by atoms with Crippen LogP contribution in [-0.2, 0) is 20.8 Å². The lowest BCUT2D eigenvalue weighted by Gasteiger charge is -2.36. The van der Waals surface area contributed by atoms with Gasteiger partial charge in [0.1, 0.15) is 6.04 Å². The number of aryl methyl sites for hydroxylation is 1. The van der Waals surface area contributed by atoms with Crippen LogP contribution >= 0.6 is 0 Å². The molecular weight excluding hydrogens is 286 g/mol. The van der Waals surface area contributed by atoms with Gasteiger partial charge in [-0.3, -0.25) is 9.59 Å². The first kappa shape index (κ1) is 16.0. The normalized spacial score (nSPS) is 21.4. The molecule has 1 saturated heterocycles. The molecule has 1 fully saturated rings. The Hall–Kier alpha value is -2.37. The van der Waals surface area contributed by atoms with Crippen molar-refractivity contribution < 1.29 is 24.6 Å². The molecule has 6 heteroatoms. The average Bonchev–Trinajstić information content (AvgIpc) is 2.48. The smallest absolute Gasteiger partial charge is 0.326 e. The number of carboxylic acid groups (broad SMARTS) is 2. The summed E-state index contributed by atoms with van der Waals surface area (Å²) in [5.41, 5.74) is 1.78. The summed E-state index contributed by atoms with van der Waals surface area (Å²) in [5.74, 6) is -3.11. The maximum atomic E-state index is 12.5. The summed E-state index contributed by atoms with van der Waals surface area (Å²) >= 11 is 0. The molecule has 0 aliphatic carbocycles. The zero-order valence-electron chi connectivity index (χ0n) is 12.4. The van der Waals surface area contributed by atoms with Gasteiger partial charge in [-0.2, -0.15) is 0 Å². The summed E-state index contributed by atoms with van der Waals surface area (Å²) in [4.78, 5) is 36.1. The molecular formula is C16H19NO5. The van der Waals surface area contributed by atoms with E-state index in [0.717, 1.165) is 11.1 Å². The van der Waals surface area contributed by atoms with Crippen LogP contribution in [0.3, 0.4) is 0 Å². The Morgan fingerprint density at radius 1 is 1.14 bits per heavy atom. The molecule has 0 saturated carbocycles. The second-order valence-corrected chi connectivity index (χ2v) is 5.62. The third kappa shape index (κ3) is 3.44. The number of carbonyl (C=O) groups excluding carboxylic acids is 1. The van der Waals surface area contributed by atoms with Crippen LogP contribution in [0.15, 0.2) is 24.3 Å². The Bertz CT molecular complexity index is 598. The van der Waals surface area contributed by atoms with E-state index in [1.165, 1.54) is 4.90 Å². The van der Waals surface area contributed by atoms with Crippen LogP contribution in [-0.4, -0.2) is 45.5 Å². The molecule has 0 bridgehead atoms. The van der Waals surface area contributed by atoms with Gasteiger partial charge in [0.2, 0.25) is 5.91 Å². The lowest BCUT2D eigenvalue weighted by atomic mass is 9.92. The molecule has 2 atom stereocenters. The predicted molar refractivity (Wildman–Crippen MR) is 78.4 cm³/mol. The van der Waals surface area contributed by atoms with Crippen molar-refractivity contribution in [1.29, 1.82) is 0 Å². The average molecular weight is 305 g/mol. The molecule has 0 unspecified atom stereocenters. The minimum atomic E-state index is -1.08. The van der Waals surface area contributed by atoms with Gasteiger partial charge in [-0.05, 0) is 30.9 Å². The van der Waals surface area contributed by atoms with Gasteiger partial charge in [0.25, 0.3) is 0 Å². The minimum Gasteiger partial charge on any atom is -0.481 e. The summed E-state index contributed by atoms with van der Waals surface area (Å²) in [6.07, 6.45) is 0.537. The first-order chi connectivity index (χ1) is 10.4. The molecule has 22 heavy (non-hydrogen) atoms. The first-order valence-corrected chi connectivity index (χ1v) is 7.19. The zero-order chi connectivity index (χ0) is 16.3. The van der Waals surface area contributed by atoms with Crippen LogP contribution < -0.4 is 0 Å². The van der Waals surface area contributed by atoms with Gasteiger partial charge in [0.15, 0.2) is 0 Å². The second-order valence-electron chi connectivity index (χ2n) is 5.62. The third-order valence-electron chi connectivity index (χ3n) is 4.14. The molecule has 1 heterocycles. The van der Waals surface area contributed by atoms with Crippen molar-refractivity contribution >= 4 is 17.8 Å². The number of amides is 1. The summed E-state index contributed by atoms with van der Waals surface area (Å²) in [7, 11) is 0. The monoisotopic (exact) mass is 305 g/mol. The van der Waals surface area contributed by atoms with Crippen molar-refractivity contribution in [3.8, 4) is 0 Å². The van der Waals surface area contributed by atoms with Gasteiger partial charge in [-0.1, -0.05) is 24.3 Å². The third-order valence-corrected chi connectivity index (χ3v) is 4.14. The van der Waals surface area contributed by atoms with Gasteiger partial charge in [0, 0.05) is 6.54 Å². The van der Waals surface area contributed by atoms with E-state index in [1.54, 1.807) is 0 Å². The van der Waals surface area contributed by atoms with Crippen LogP contribution in [0.1, 0.15) is 24.0 Å². The van der Waals surface area contributed by atoms with E-state index < -0.39 is 23.9 Å². The molecule has 2 rings (SSSR count). The SMILES string of the molecule is Cc1ccccc1CC(=O)N1C[C@@H](C(=O)O)CC[C@@H]1C(=O)O. The van der Waals surface area contributed by atoms with Gasteiger partial charge in [-0.15, -0.1) is 0 Å². The van der Waals surface area contributed by atoms with Crippen molar-refractivity contribution in [2.45, 2.75) is 32.2 Å². The fraction of sp³-hybridized carbons (Fsp3) is 0.438. The van der Waals surface area contributed by atoms with Crippen LogP contribution in [0, 0.1) is 12.8 Å². The molecule has 1 aromatic carbocycles. The highest BCUT2D eigenvalue weighted by Gasteiger charge is 2.38. The fourth-order valence-corrected chi connectivity index (χ4v) is 2.78. The van der Waals surface area contributed by atoms with E-state index in [4.69, 9.17) is 5.11 Å². The van der Waals surface area contributed by atoms with Crippen LogP contribution in [0.5, 0.6) is 0 Å². The maximum absolute atomic E-state index is 12.5. The number of hydrogen-bond acceptors (Lipinski definition) is 3. The molecule has 0 spiro atoms. The van der Waals surface area contributed by atoms with Crippen molar-refractivity contribution in [2.24, 2.45) is 5.92 Å². The Kier molecular flexibility index (Phi) is 4.80. The van der Waals surface area contributed by atoms with Crippen LogP contribution in [0.2, 0.25) is 0 Å². The number of benzene rings is 1. The molecule has 1 amide bonds. The molecule has 6 nitrogen and oxygen atoms in total. The zero-order valence-corrected chi connectivity index (χ0v) is 12.4. The molecule has 0 aromatic heterocycles. The number of nitrogens with zero attached hydrogens (tertiary/aromatic N) is 1. The fourth-order valence-electron chi connectivity index (χ4n) is 2.78. The number of rotatable bonds is 4. The molecule has 1 aliphatic heterocycles. The first-order valence-electron chi connectivity index (χ1n) is 7.19. The van der Waals surface area contributed by atoms with E-state index >= 15 is 0 Å². The number of piperidine rings is 1. The minimum absolute atomic E-state index is 0.0446. The van der Waals surface area contributed by atoms with Crippen molar-refractivity contribution in [1.82, 2.24) is 4.90 Å². The van der Waals surface area contributed by atoms with Crippen molar-refractivity contribution in [3.05, 3.63) is 35.4 Å². The van der Waals surface area contributed by atoms with Crippen LogP contribution in [0.4, 0.5) is 0 Å². The van der Waals surface area contributed by atoms with E-state index in [2.05, 4.69) is 0 Å². The van der Waals surface area contributed by atoms with E-state index in [9.17, 15) is 19.5 Å².